The number of anilines is 1. The topological polar surface area (TPSA) is 114 Å². The van der Waals surface area contributed by atoms with Gasteiger partial charge in [0.2, 0.25) is 0 Å². The summed E-state index contributed by atoms with van der Waals surface area (Å²) in [6.07, 6.45) is 2.25. The molecular weight excluding hydrogens is 370 g/mol. The van der Waals surface area contributed by atoms with Crippen molar-refractivity contribution in [2.75, 3.05) is 32.1 Å². The summed E-state index contributed by atoms with van der Waals surface area (Å²) in [5.74, 6) is 0. The van der Waals surface area contributed by atoms with Crippen LogP contribution in [-0.4, -0.2) is 71.4 Å². The second kappa shape index (κ2) is 11.3. The lowest BCUT2D eigenvalue weighted by molar-refractivity contribution is -0.123. The Balaban J connectivity index is 0.000000540. The van der Waals surface area contributed by atoms with Gasteiger partial charge < -0.3 is 20.2 Å². The van der Waals surface area contributed by atoms with Gasteiger partial charge in [0, 0.05) is 24.7 Å². The predicted molar refractivity (Wildman–Crippen MR) is 104 cm³/mol. The standard InChI is InChI=1S/C16H21N3OS.2CH2O2/c1-18(2)16(13-6-4-3-5-7-13)8-10-19(12-14(16)20)15-17-9-11-21-15;2*2-1-3/h3-7,9,11,14,20H,8,10,12H2,1-2H3;2*1H,(H,2,3)/t14-,16+;;/m1../s1. The number of aliphatic hydroxyl groups is 1. The van der Waals surface area contributed by atoms with E-state index in [1.54, 1.807) is 11.3 Å². The van der Waals surface area contributed by atoms with Gasteiger partial charge in [-0.2, -0.15) is 0 Å². The smallest absolute Gasteiger partial charge is 0.290 e. The Kier molecular flexibility index (Phi) is 9.41. The van der Waals surface area contributed by atoms with Crippen molar-refractivity contribution in [3.8, 4) is 0 Å². The number of likely N-dealkylation sites (N-methyl/N-ethyl adjacent to an activating group) is 1. The largest absolute Gasteiger partial charge is 0.483 e. The monoisotopic (exact) mass is 395 g/mol. The first kappa shape index (κ1) is 22.6. The van der Waals surface area contributed by atoms with E-state index in [0.29, 0.717) is 6.54 Å². The normalized spacial score (nSPS) is 21.3. The summed E-state index contributed by atoms with van der Waals surface area (Å²) in [4.78, 5) is 25.4. The van der Waals surface area contributed by atoms with Gasteiger partial charge in [-0.05, 0) is 26.1 Å². The number of hydrogen-bond acceptors (Lipinski definition) is 7. The fourth-order valence-electron chi connectivity index (χ4n) is 3.31. The molecule has 1 aromatic heterocycles. The van der Waals surface area contributed by atoms with Crippen molar-refractivity contribution in [1.29, 1.82) is 0 Å². The van der Waals surface area contributed by atoms with Gasteiger partial charge in [0.15, 0.2) is 5.13 Å². The fraction of sp³-hybridized carbons (Fsp3) is 0.389. The molecule has 0 aliphatic carbocycles. The summed E-state index contributed by atoms with van der Waals surface area (Å²) in [6.45, 7) is 1.01. The average molecular weight is 395 g/mol. The zero-order chi connectivity index (χ0) is 20.3. The van der Waals surface area contributed by atoms with E-state index < -0.39 is 6.10 Å². The molecule has 27 heavy (non-hydrogen) atoms. The van der Waals surface area contributed by atoms with E-state index in [9.17, 15) is 5.11 Å². The number of aliphatic hydroxyl groups excluding tert-OH is 1. The number of β-amino-alcohol motifs (C(OH)–C–C–N with tert-alkyl or cyclic N) is 1. The molecule has 0 bridgehead atoms. The number of hydrogen-bond donors (Lipinski definition) is 3. The van der Waals surface area contributed by atoms with Crippen molar-refractivity contribution in [1.82, 2.24) is 9.88 Å². The van der Waals surface area contributed by atoms with E-state index in [4.69, 9.17) is 19.8 Å². The number of thiazole rings is 1. The lowest BCUT2D eigenvalue weighted by Gasteiger charge is -2.49. The molecule has 0 saturated carbocycles. The summed E-state index contributed by atoms with van der Waals surface area (Å²) in [5.41, 5.74) is 0.857. The Hall–Kier alpha value is -2.49. The molecule has 2 heterocycles. The predicted octanol–water partition coefficient (Wildman–Crippen LogP) is 1.57. The van der Waals surface area contributed by atoms with Crippen molar-refractivity contribution in [3.63, 3.8) is 0 Å². The first-order valence-electron chi connectivity index (χ1n) is 8.19. The van der Waals surface area contributed by atoms with Gasteiger partial charge in [0.05, 0.1) is 11.6 Å². The third-order valence-electron chi connectivity index (χ3n) is 4.47. The maximum absolute atomic E-state index is 10.9. The molecular formula is C18H25N3O5S. The molecule has 1 aromatic carbocycles. The molecule has 0 radical (unpaired) electrons. The Bertz CT molecular complexity index is 663. The van der Waals surface area contributed by atoms with Gasteiger partial charge in [0.1, 0.15) is 0 Å². The third kappa shape index (κ3) is 5.49. The molecule has 1 fully saturated rings. The molecule has 0 unspecified atom stereocenters. The minimum absolute atomic E-state index is 0.250. The van der Waals surface area contributed by atoms with E-state index in [0.717, 1.165) is 18.1 Å². The second-order valence-electron chi connectivity index (χ2n) is 5.92. The van der Waals surface area contributed by atoms with Gasteiger partial charge in [0.25, 0.3) is 12.9 Å². The highest BCUT2D eigenvalue weighted by molar-refractivity contribution is 7.13. The second-order valence-corrected chi connectivity index (χ2v) is 6.80. The van der Waals surface area contributed by atoms with Crippen LogP contribution < -0.4 is 4.90 Å². The number of carboxylic acid groups (broad SMARTS) is 2. The van der Waals surface area contributed by atoms with Crippen LogP contribution in [0.5, 0.6) is 0 Å². The first-order chi connectivity index (χ1) is 13.0. The van der Waals surface area contributed by atoms with E-state index in [2.05, 4.69) is 41.0 Å². The minimum atomic E-state index is -0.451. The molecule has 148 valence electrons. The Morgan fingerprint density at radius 2 is 1.81 bits per heavy atom. The van der Waals surface area contributed by atoms with Crippen molar-refractivity contribution < 1.29 is 24.9 Å². The molecule has 1 saturated heterocycles. The number of benzene rings is 1. The quantitative estimate of drug-likeness (QED) is 0.671. The highest BCUT2D eigenvalue weighted by Crippen LogP contribution is 2.39. The molecule has 3 N–H and O–H groups in total. The third-order valence-corrected chi connectivity index (χ3v) is 5.30. The first-order valence-corrected chi connectivity index (χ1v) is 9.07. The summed E-state index contributed by atoms with van der Waals surface area (Å²) < 4.78 is 0. The Morgan fingerprint density at radius 1 is 1.22 bits per heavy atom. The maximum Gasteiger partial charge on any atom is 0.290 e. The Labute approximate surface area is 162 Å². The van der Waals surface area contributed by atoms with Gasteiger partial charge >= 0.3 is 0 Å². The van der Waals surface area contributed by atoms with Crippen molar-refractivity contribution in [2.45, 2.75) is 18.1 Å². The van der Waals surface area contributed by atoms with Crippen LogP contribution in [0.1, 0.15) is 12.0 Å². The molecule has 2 atom stereocenters. The zero-order valence-electron chi connectivity index (χ0n) is 15.3. The van der Waals surface area contributed by atoms with E-state index in [1.165, 1.54) is 5.56 Å². The SMILES string of the molecule is CN(C)[C@]1(c2ccccc2)CCN(c2nccs2)C[C@H]1O.O=CO.O=CO. The molecule has 0 spiro atoms. The molecule has 0 amide bonds. The molecule has 8 nitrogen and oxygen atoms in total. The van der Waals surface area contributed by atoms with Gasteiger partial charge in [-0.15, -0.1) is 11.3 Å². The number of carbonyl (C=O) groups is 2. The summed E-state index contributed by atoms with van der Waals surface area (Å²) >= 11 is 1.63. The van der Waals surface area contributed by atoms with Crippen LogP contribution in [0.3, 0.4) is 0 Å². The highest BCUT2D eigenvalue weighted by atomic mass is 32.1. The number of aromatic nitrogens is 1. The van der Waals surface area contributed by atoms with Crippen molar-refractivity contribution in [3.05, 3.63) is 47.5 Å². The highest BCUT2D eigenvalue weighted by Gasteiger charge is 2.45. The summed E-state index contributed by atoms with van der Waals surface area (Å²) in [6, 6.07) is 10.3. The van der Waals surface area contributed by atoms with E-state index in [-0.39, 0.29) is 18.5 Å². The average Bonchev–Trinajstić information content (AvgIpc) is 3.18. The molecule has 3 rings (SSSR count). The number of nitrogens with zero attached hydrogens (tertiary/aromatic N) is 3. The van der Waals surface area contributed by atoms with Crippen LogP contribution in [0.15, 0.2) is 41.9 Å². The lowest BCUT2D eigenvalue weighted by Crippen LogP contribution is -2.60. The minimum Gasteiger partial charge on any atom is -0.483 e. The molecule has 1 aliphatic rings. The lowest BCUT2D eigenvalue weighted by atomic mass is 9.77. The fourth-order valence-corrected chi connectivity index (χ4v) is 3.99. The van der Waals surface area contributed by atoms with Crippen LogP contribution in [0.25, 0.3) is 0 Å². The van der Waals surface area contributed by atoms with Crippen LogP contribution >= 0.6 is 11.3 Å². The van der Waals surface area contributed by atoms with Gasteiger partial charge in [-0.25, -0.2) is 4.98 Å². The van der Waals surface area contributed by atoms with Gasteiger partial charge in [-0.1, -0.05) is 30.3 Å². The number of rotatable bonds is 3. The van der Waals surface area contributed by atoms with Crippen molar-refractivity contribution >= 4 is 29.4 Å². The maximum atomic E-state index is 10.9. The van der Waals surface area contributed by atoms with E-state index >= 15 is 0 Å². The van der Waals surface area contributed by atoms with E-state index in [1.807, 2.05) is 29.8 Å². The van der Waals surface area contributed by atoms with Crippen LogP contribution in [0.4, 0.5) is 5.13 Å². The molecule has 9 heteroatoms. The number of piperidine rings is 1. The van der Waals surface area contributed by atoms with Crippen LogP contribution in [0, 0.1) is 0 Å². The zero-order valence-corrected chi connectivity index (χ0v) is 16.1. The van der Waals surface area contributed by atoms with Crippen molar-refractivity contribution in [2.24, 2.45) is 0 Å². The molecule has 2 aromatic rings. The Morgan fingerprint density at radius 3 is 2.26 bits per heavy atom. The molecule has 1 aliphatic heterocycles. The van der Waals surface area contributed by atoms with Crippen LogP contribution in [0.2, 0.25) is 0 Å². The van der Waals surface area contributed by atoms with Crippen LogP contribution in [-0.2, 0) is 15.1 Å². The summed E-state index contributed by atoms with van der Waals surface area (Å²) in [7, 11) is 4.10. The van der Waals surface area contributed by atoms with Gasteiger partial charge in [-0.3, -0.25) is 14.5 Å². The summed E-state index contributed by atoms with van der Waals surface area (Å²) in [5, 5.41) is 27.7.